The van der Waals surface area contributed by atoms with Crippen molar-refractivity contribution >= 4 is 5.78 Å². The number of nitrogens with zero attached hydrogens (tertiary/aromatic N) is 1. The van der Waals surface area contributed by atoms with E-state index in [9.17, 15) is 4.79 Å². The minimum atomic E-state index is 0.194. The summed E-state index contributed by atoms with van der Waals surface area (Å²) in [6.45, 7) is 7.97. The third-order valence-corrected chi connectivity index (χ3v) is 9.65. The fourth-order valence-electron chi connectivity index (χ4n) is 6.54. The van der Waals surface area contributed by atoms with E-state index in [1.807, 2.05) is 0 Å². The molecule has 0 N–H and O–H groups in total. The van der Waals surface area contributed by atoms with Gasteiger partial charge in [-0.15, -0.1) is 0 Å². The molecule has 0 aliphatic carbocycles. The van der Waals surface area contributed by atoms with Gasteiger partial charge in [-0.3, -0.25) is 4.79 Å². The second-order valence-electron chi connectivity index (χ2n) is 15.1. The first kappa shape index (κ1) is 45.6. The second kappa shape index (κ2) is 35.9. The van der Waals surface area contributed by atoms with Crippen molar-refractivity contribution in [2.45, 2.75) is 207 Å². The monoisotopic (exact) mass is 654 g/mol. The lowest BCUT2D eigenvalue weighted by atomic mass is 9.75. The highest BCUT2D eigenvalue weighted by atomic mass is 16.1. The van der Waals surface area contributed by atoms with Crippen LogP contribution in [0.2, 0.25) is 0 Å². The van der Waals surface area contributed by atoms with Gasteiger partial charge in [-0.05, 0) is 110 Å². The fourth-order valence-corrected chi connectivity index (χ4v) is 6.54. The molecule has 274 valence electrons. The Hall–Kier alpha value is -1.41. The molecule has 0 saturated heterocycles. The van der Waals surface area contributed by atoms with Crippen LogP contribution in [-0.4, -0.2) is 31.3 Å². The minimum absolute atomic E-state index is 0.194. The van der Waals surface area contributed by atoms with E-state index in [0.717, 1.165) is 38.6 Å². The number of carbonyl (C=O) groups excluding carboxylic acids is 1. The summed E-state index contributed by atoms with van der Waals surface area (Å²) in [5.41, 5.74) is 0.194. The molecule has 0 radical (unpaired) electrons. The van der Waals surface area contributed by atoms with E-state index < -0.39 is 0 Å². The van der Waals surface area contributed by atoms with E-state index in [4.69, 9.17) is 0 Å². The molecule has 0 rings (SSSR count). The molecule has 2 heteroatoms. The zero-order valence-corrected chi connectivity index (χ0v) is 32.7. The van der Waals surface area contributed by atoms with E-state index >= 15 is 0 Å². The van der Waals surface area contributed by atoms with Crippen LogP contribution in [0.5, 0.6) is 0 Å². The molecule has 0 fully saturated rings. The molecule has 0 aromatic rings. The van der Waals surface area contributed by atoms with Crippen molar-refractivity contribution in [1.29, 1.82) is 0 Å². The zero-order valence-electron chi connectivity index (χ0n) is 32.7. The Kier molecular flexibility index (Phi) is 34.8. The number of ketones is 1. The zero-order chi connectivity index (χ0) is 34.5. The summed E-state index contributed by atoms with van der Waals surface area (Å²) in [6, 6.07) is 0. The van der Waals surface area contributed by atoms with Crippen LogP contribution < -0.4 is 0 Å². The maximum Gasteiger partial charge on any atom is 0.133 e. The second-order valence-corrected chi connectivity index (χ2v) is 15.1. The summed E-state index contributed by atoms with van der Waals surface area (Å²) in [5, 5.41) is 0. The molecule has 0 bridgehead atoms. The Morgan fingerprint density at radius 2 is 0.851 bits per heavy atom. The first-order chi connectivity index (χ1) is 22.9. The van der Waals surface area contributed by atoms with Crippen LogP contribution in [0.3, 0.4) is 0 Å². The van der Waals surface area contributed by atoms with Crippen LogP contribution in [0.25, 0.3) is 0 Å². The van der Waals surface area contributed by atoms with Crippen molar-refractivity contribution in [3.63, 3.8) is 0 Å². The van der Waals surface area contributed by atoms with Crippen LogP contribution in [0.4, 0.5) is 0 Å². The van der Waals surface area contributed by atoms with Gasteiger partial charge in [-0.1, -0.05) is 159 Å². The number of allylic oxidation sites excluding steroid dienone is 8. The SMILES string of the molecule is CCCCCC=CCC=CCCCCCCCCC(C)(CCCCCCCCC=CCC=CCCCCC)CC(=O)CCCN(C)C. The highest BCUT2D eigenvalue weighted by molar-refractivity contribution is 5.79. The van der Waals surface area contributed by atoms with Crippen LogP contribution >= 0.6 is 0 Å². The third kappa shape index (κ3) is 35.7. The third-order valence-electron chi connectivity index (χ3n) is 9.65. The highest BCUT2D eigenvalue weighted by Gasteiger charge is 2.26. The topological polar surface area (TPSA) is 20.3 Å². The molecule has 47 heavy (non-hydrogen) atoms. The summed E-state index contributed by atoms with van der Waals surface area (Å²) in [5.74, 6) is 0.495. The maximum absolute atomic E-state index is 12.9. The predicted molar refractivity (Wildman–Crippen MR) is 213 cm³/mol. The first-order valence-electron chi connectivity index (χ1n) is 20.7. The molecule has 0 aromatic carbocycles. The summed E-state index contributed by atoms with van der Waals surface area (Å²) < 4.78 is 0. The van der Waals surface area contributed by atoms with Gasteiger partial charge in [0.2, 0.25) is 0 Å². The molecule has 0 saturated carbocycles. The molecule has 0 aromatic heterocycles. The average molecular weight is 654 g/mol. The molecule has 0 amide bonds. The summed E-state index contributed by atoms with van der Waals surface area (Å²) in [7, 11) is 4.21. The lowest BCUT2D eigenvalue weighted by Gasteiger charge is -2.29. The Bertz CT molecular complexity index is 725. The number of hydrogen-bond donors (Lipinski definition) is 0. The van der Waals surface area contributed by atoms with Crippen LogP contribution in [0.1, 0.15) is 207 Å². The van der Waals surface area contributed by atoms with Gasteiger partial charge in [0.15, 0.2) is 0 Å². The Labute approximate surface area is 296 Å². The number of hydrogen-bond acceptors (Lipinski definition) is 2. The normalized spacial score (nSPS) is 13.7. The lowest BCUT2D eigenvalue weighted by Crippen LogP contribution is -2.22. The number of Topliss-reactive ketones (excluding diaryl/α,β-unsaturated/α-hetero) is 1. The molecule has 2 nitrogen and oxygen atoms in total. The van der Waals surface area contributed by atoms with E-state index in [1.54, 1.807) is 0 Å². The van der Waals surface area contributed by atoms with E-state index in [2.05, 4.69) is 88.4 Å². The van der Waals surface area contributed by atoms with Gasteiger partial charge in [-0.25, -0.2) is 0 Å². The summed E-state index contributed by atoms with van der Waals surface area (Å²) >= 11 is 0. The van der Waals surface area contributed by atoms with Crippen molar-refractivity contribution in [2.75, 3.05) is 20.6 Å². The van der Waals surface area contributed by atoms with Gasteiger partial charge in [0.1, 0.15) is 5.78 Å². The smallest absolute Gasteiger partial charge is 0.133 e. The van der Waals surface area contributed by atoms with E-state index in [1.165, 1.54) is 154 Å². The van der Waals surface area contributed by atoms with Gasteiger partial charge in [0, 0.05) is 12.8 Å². The van der Waals surface area contributed by atoms with E-state index in [-0.39, 0.29) is 5.41 Å². The molecule has 0 aliphatic rings. The van der Waals surface area contributed by atoms with E-state index in [0.29, 0.717) is 5.78 Å². The number of rotatable bonds is 36. The summed E-state index contributed by atoms with van der Waals surface area (Å²) in [4.78, 5) is 15.1. The molecule has 0 atom stereocenters. The fraction of sp³-hybridized carbons (Fsp3) is 0.800. The average Bonchev–Trinajstić information content (AvgIpc) is 3.04. The van der Waals surface area contributed by atoms with Crippen molar-refractivity contribution in [1.82, 2.24) is 4.90 Å². The van der Waals surface area contributed by atoms with Crippen LogP contribution in [0.15, 0.2) is 48.6 Å². The largest absolute Gasteiger partial charge is 0.309 e. The van der Waals surface area contributed by atoms with Crippen LogP contribution in [0, 0.1) is 5.41 Å². The molecular weight excluding hydrogens is 571 g/mol. The molecule has 0 unspecified atom stereocenters. The van der Waals surface area contributed by atoms with Crippen molar-refractivity contribution in [2.24, 2.45) is 5.41 Å². The van der Waals surface area contributed by atoms with Gasteiger partial charge in [0.05, 0.1) is 0 Å². The van der Waals surface area contributed by atoms with Crippen molar-refractivity contribution in [3.05, 3.63) is 48.6 Å². The number of carbonyl (C=O) groups is 1. The standard InChI is InChI=1S/C45H83NO/c1-6-8-10-12-14-16-18-20-22-24-26-28-30-32-34-36-40-45(3,43-44(47)39-38-42-46(4)5)41-37-35-33-31-29-27-25-23-21-19-17-15-13-11-9-7-2/h14-17,20-23H,6-13,18-19,24-43H2,1-5H3. The minimum Gasteiger partial charge on any atom is -0.309 e. The summed E-state index contributed by atoms with van der Waals surface area (Å²) in [6.07, 6.45) is 54.9. The Morgan fingerprint density at radius 1 is 0.489 bits per heavy atom. The maximum atomic E-state index is 12.9. The van der Waals surface area contributed by atoms with Gasteiger partial charge >= 0.3 is 0 Å². The molecular formula is C45H83NO. The molecule has 0 aliphatic heterocycles. The quantitative estimate of drug-likeness (QED) is 0.0495. The van der Waals surface area contributed by atoms with Crippen LogP contribution in [-0.2, 0) is 4.79 Å². The van der Waals surface area contributed by atoms with Gasteiger partial charge in [0.25, 0.3) is 0 Å². The number of unbranched alkanes of at least 4 members (excludes halogenated alkanes) is 18. The predicted octanol–water partition coefficient (Wildman–Crippen LogP) is 14.7. The molecule has 0 heterocycles. The first-order valence-corrected chi connectivity index (χ1v) is 20.7. The Morgan fingerprint density at radius 3 is 1.23 bits per heavy atom. The van der Waals surface area contributed by atoms with Gasteiger partial charge in [-0.2, -0.15) is 0 Å². The Balaban J connectivity index is 4.17. The van der Waals surface area contributed by atoms with Gasteiger partial charge < -0.3 is 4.90 Å². The molecule has 0 spiro atoms. The highest BCUT2D eigenvalue weighted by Crippen LogP contribution is 2.36. The van der Waals surface area contributed by atoms with Crippen molar-refractivity contribution < 1.29 is 4.79 Å². The lowest BCUT2D eigenvalue weighted by molar-refractivity contribution is -0.121. The van der Waals surface area contributed by atoms with Crippen molar-refractivity contribution in [3.8, 4) is 0 Å².